The van der Waals surface area contributed by atoms with Gasteiger partial charge in [-0.3, -0.25) is 0 Å². The molecule has 0 aliphatic carbocycles. The molecule has 0 bridgehead atoms. The normalized spacial score (nSPS) is 10.9. The summed E-state index contributed by atoms with van der Waals surface area (Å²) in [6, 6.07) is 0. The summed E-state index contributed by atoms with van der Waals surface area (Å²) in [4.78, 5) is 25.7. The van der Waals surface area contributed by atoms with E-state index in [-0.39, 0.29) is 0 Å². The van der Waals surface area contributed by atoms with Crippen LogP contribution in [0.4, 0.5) is 4.79 Å². The third-order valence-corrected chi connectivity index (χ3v) is 1.07. The van der Waals surface area contributed by atoms with Crippen molar-refractivity contribution < 1.29 is 23.9 Å². The van der Waals surface area contributed by atoms with Crippen LogP contribution in [0.25, 0.3) is 0 Å². The summed E-state index contributed by atoms with van der Waals surface area (Å²) >= 11 is 0. The molecule has 0 rings (SSSR count). The summed E-state index contributed by atoms with van der Waals surface area (Å²) in [6.07, 6.45) is 0. The molecule has 2 N–H and O–H groups in total. The Morgan fingerprint density at radius 1 is 1.62 bits per heavy atom. The van der Waals surface area contributed by atoms with Gasteiger partial charge in [0, 0.05) is 0 Å². The van der Waals surface area contributed by atoms with Crippen molar-refractivity contribution in [2.24, 2.45) is 0 Å². The summed E-state index contributed by atoms with van der Waals surface area (Å²) in [5.41, 5.74) is -1.50. The Balaban J connectivity index is 4.04. The zero-order valence-corrected chi connectivity index (χ0v) is 4.96. The highest BCUT2D eigenvalue weighted by Crippen LogP contribution is 2.36. The summed E-state index contributed by atoms with van der Waals surface area (Å²) in [7, 11) is -3.71. The number of carbonyl (C=O) groups is 1. The summed E-state index contributed by atoms with van der Waals surface area (Å²) in [6.45, 7) is 0. The zero-order chi connectivity index (χ0) is 6.78. The molecule has 8 heavy (non-hydrogen) atoms. The summed E-state index contributed by atoms with van der Waals surface area (Å²) in [5.74, 6) is 0. The second-order valence-corrected chi connectivity index (χ2v) is 2.47. The van der Waals surface area contributed by atoms with E-state index in [1.807, 2.05) is 0 Å². The molecule has 0 aromatic heterocycles. The maximum atomic E-state index is 9.85. The third-order valence-electron chi connectivity index (χ3n) is 0.412. The van der Waals surface area contributed by atoms with Gasteiger partial charge in [0.25, 0.3) is 0 Å². The van der Waals surface area contributed by atoms with Gasteiger partial charge in [-0.2, -0.15) is 0 Å². The topological polar surface area (TPSA) is 83.8 Å². The monoisotopic (exact) mass is 140 g/mol. The second-order valence-electron chi connectivity index (χ2n) is 1.01. The number of rotatable bonds is 1. The number of methoxy groups -OCH3 is 1. The van der Waals surface area contributed by atoms with Crippen molar-refractivity contribution in [3.63, 3.8) is 0 Å². The predicted octanol–water partition coefficient (Wildman–Crippen LogP) is -0.0695. The quantitative estimate of drug-likeness (QED) is 0.498. The standard InChI is InChI=1S/C2H5O5P/c1-7-2(3)8(4,5)6/h1H3,(H2,4,5,6). The molecule has 48 valence electrons. The largest absolute Gasteiger partial charge is 0.460 e. The van der Waals surface area contributed by atoms with Gasteiger partial charge >= 0.3 is 13.3 Å². The molecule has 0 aliphatic rings. The van der Waals surface area contributed by atoms with Crippen molar-refractivity contribution in [3.05, 3.63) is 0 Å². The van der Waals surface area contributed by atoms with Crippen LogP contribution in [0.15, 0.2) is 0 Å². The number of hydrogen-bond donors (Lipinski definition) is 2. The van der Waals surface area contributed by atoms with E-state index >= 15 is 0 Å². The van der Waals surface area contributed by atoms with Gasteiger partial charge in [-0.15, -0.1) is 0 Å². The van der Waals surface area contributed by atoms with Crippen LogP contribution in [0.3, 0.4) is 0 Å². The first-order valence-corrected chi connectivity index (χ1v) is 3.24. The van der Waals surface area contributed by atoms with Crippen molar-refractivity contribution in [1.82, 2.24) is 0 Å². The highest BCUT2D eigenvalue weighted by atomic mass is 31.2. The first kappa shape index (κ1) is 7.62. The minimum Gasteiger partial charge on any atom is -0.460 e. The molecule has 0 heterocycles. The van der Waals surface area contributed by atoms with Crippen molar-refractivity contribution in [3.8, 4) is 0 Å². The number of ether oxygens (including phenoxy) is 1. The van der Waals surface area contributed by atoms with Crippen molar-refractivity contribution in [1.29, 1.82) is 0 Å². The molecule has 0 fully saturated rings. The molecule has 0 radical (unpaired) electrons. The molecule has 0 saturated heterocycles. The van der Waals surface area contributed by atoms with E-state index in [9.17, 15) is 9.36 Å². The zero-order valence-electron chi connectivity index (χ0n) is 4.07. The molecule has 0 unspecified atom stereocenters. The Labute approximate surface area is 45.4 Å². The van der Waals surface area contributed by atoms with E-state index in [1.54, 1.807) is 0 Å². The second kappa shape index (κ2) is 2.26. The Morgan fingerprint density at radius 2 is 2.00 bits per heavy atom. The van der Waals surface area contributed by atoms with Gasteiger partial charge in [-0.1, -0.05) is 0 Å². The molecule has 0 aromatic rings. The van der Waals surface area contributed by atoms with Crippen LogP contribution in [-0.4, -0.2) is 22.6 Å². The minimum absolute atomic E-state index is 0.904. The average molecular weight is 140 g/mol. The maximum absolute atomic E-state index is 9.85. The molecule has 6 heteroatoms. The smallest absolute Gasteiger partial charge is 0.433 e. The summed E-state index contributed by atoms with van der Waals surface area (Å²) < 4.78 is 13.5. The number of carbonyl (C=O) groups excluding carboxylic acids is 1. The lowest BCUT2D eigenvalue weighted by Crippen LogP contribution is -1.97. The molecular weight excluding hydrogens is 135 g/mol. The van der Waals surface area contributed by atoms with Crippen LogP contribution in [0.2, 0.25) is 0 Å². The fourth-order valence-corrected chi connectivity index (χ4v) is 0.357. The molecule has 0 amide bonds. The van der Waals surface area contributed by atoms with E-state index in [2.05, 4.69) is 4.74 Å². The first-order valence-electron chi connectivity index (χ1n) is 1.62. The lowest BCUT2D eigenvalue weighted by Gasteiger charge is -1.97. The van der Waals surface area contributed by atoms with Gasteiger partial charge in [0.1, 0.15) is 0 Å². The van der Waals surface area contributed by atoms with Crippen LogP contribution in [0.1, 0.15) is 0 Å². The number of hydrogen-bond acceptors (Lipinski definition) is 3. The van der Waals surface area contributed by atoms with E-state index < -0.39 is 13.3 Å². The molecule has 5 nitrogen and oxygen atoms in total. The Bertz CT molecular complexity index is 133. The fraction of sp³-hybridized carbons (Fsp3) is 0.500. The van der Waals surface area contributed by atoms with Crippen LogP contribution < -0.4 is 0 Å². The van der Waals surface area contributed by atoms with E-state index in [1.165, 1.54) is 0 Å². The van der Waals surface area contributed by atoms with Gasteiger partial charge in [0.05, 0.1) is 7.11 Å². The van der Waals surface area contributed by atoms with Crippen LogP contribution in [-0.2, 0) is 9.30 Å². The average Bonchev–Trinajstić information content (AvgIpc) is 1.62. The van der Waals surface area contributed by atoms with Gasteiger partial charge in [-0.05, 0) is 0 Å². The van der Waals surface area contributed by atoms with Crippen molar-refractivity contribution >= 4 is 13.3 Å². The Kier molecular flexibility index (Phi) is 2.15. The molecule has 0 aromatic carbocycles. The lowest BCUT2D eigenvalue weighted by molar-refractivity contribution is 0.187. The highest BCUT2D eigenvalue weighted by molar-refractivity contribution is 7.69. The van der Waals surface area contributed by atoms with Gasteiger partial charge in [0.15, 0.2) is 0 Å². The van der Waals surface area contributed by atoms with Gasteiger partial charge < -0.3 is 14.5 Å². The van der Waals surface area contributed by atoms with Crippen molar-refractivity contribution in [2.45, 2.75) is 0 Å². The highest BCUT2D eigenvalue weighted by Gasteiger charge is 2.26. The van der Waals surface area contributed by atoms with E-state index in [4.69, 9.17) is 9.79 Å². The van der Waals surface area contributed by atoms with Gasteiger partial charge in [-0.25, -0.2) is 9.36 Å². The molecule has 0 atom stereocenters. The summed E-state index contributed by atoms with van der Waals surface area (Å²) in [5, 5.41) is 0. The maximum Gasteiger partial charge on any atom is 0.433 e. The van der Waals surface area contributed by atoms with Crippen molar-refractivity contribution in [2.75, 3.05) is 7.11 Å². The van der Waals surface area contributed by atoms with Gasteiger partial charge in [0.2, 0.25) is 0 Å². The minimum atomic E-state index is -4.62. The Morgan fingerprint density at radius 3 is 2.00 bits per heavy atom. The lowest BCUT2D eigenvalue weighted by atomic mass is 11.5. The van der Waals surface area contributed by atoms with E-state index in [0.29, 0.717) is 0 Å². The van der Waals surface area contributed by atoms with E-state index in [0.717, 1.165) is 7.11 Å². The van der Waals surface area contributed by atoms with Crippen LogP contribution in [0, 0.1) is 0 Å². The predicted molar refractivity (Wildman–Crippen MR) is 24.4 cm³/mol. The third kappa shape index (κ3) is 2.07. The van der Waals surface area contributed by atoms with Crippen LogP contribution in [0.5, 0.6) is 0 Å². The molecule has 0 spiro atoms. The molecular formula is C2H5O5P. The SMILES string of the molecule is COC(=O)P(=O)(O)O. The molecule has 0 aliphatic heterocycles. The Hall–Kier alpha value is -0.380. The molecule has 0 saturated carbocycles. The van der Waals surface area contributed by atoms with Crippen LogP contribution >= 0.6 is 7.60 Å². The fourth-order valence-electron chi connectivity index (χ4n) is 0.119. The first-order chi connectivity index (χ1) is 3.48.